The largest absolute Gasteiger partial charge is 0.494 e. The Labute approximate surface area is 170 Å². The Morgan fingerprint density at radius 2 is 1.93 bits per heavy atom. The van der Waals surface area contributed by atoms with Gasteiger partial charge in [-0.3, -0.25) is 9.48 Å². The van der Waals surface area contributed by atoms with E-state index >= 15 is 0 Å². The van der Waals surface area contributed by atoms with Gasteiger partial charge >= 0.3 is 0 Å². The first-order chi connectivity index (χ1) is 14.0. The van der Waals surface area contributed by atoms with Crippen LogP contribution >= 0.6 is 0 Å². The van der Waals surface area contributed by atoms with E-state index in [0.29, 0.717) is 26.1 Å². The van der Waals surface area contributed by atoms with E-state index in [-0.39, 0.29) is 11.9 Å². The van der Waals surface area contributed by atoms with Gasteiger partial charge in [0, 0.05) is 37.0 Å². The molecule has 1 saturated heterocycles. The first-order valence-corrected chi connectivity index (χ1v) is 9.88. The maximum Gasteiger partial charge on any atom is 0.227 e. The summed E-state index contributed by atoms with van der Waals surface area (Å²) in [5.41, 5.74) is 4.81. The number of carbonyl (C=O) groups excluding carboxylic acids is 1. The molecule has 3 aromatic rings. The molecule has 2 aromatic heterocycles. The molecule has 0 N–H and O–H groups in total. The third-order valence-corrected chi connectivity index (χ3v) is 5.55. The summed E-state index contributed by atoms with van der Waals surface area (Å²) in [7, 11) is 1.91. The summed E-state index contributed by atoms with van der Waals surface area (Å²) in [6, 6.07) is 8.00. The molecule has 0 saturated carbocycles. The minimum Gasteiger partial charge on any atom is -0.494 e. The van der Waals surface area contributed by atoms with E-state index in [4.69, 9.17) is 4.74 Å². The Balaban J connectivity index is 1.36. The molecule has 0 spiro atoms. The molecule has 1 aromatic carbocycles. The SMILES string of the molecule is CCOc1ccc(-c2cn(C3CN(C(=O)Cc4c(C)nn(C)c4C)C3)nn2)cc1. The molecular weight excluding hydrogens is 368 g/mol. The van der Waals surface area contributed by atoms with Crippen molar-refractivity contribution >= 4 is 5.91 Å². The number of aryl methyl sites for hydroxylation is 2. The first-order valence-electron chi connectivity index (χ1n) is 9.88. The summed E-state index contributed by atoms with van der Waals surface area (Å²) in [6.07, 6.45) is 2.34. The van der Waals surface area contributed by atoms with Gasteiger partial charge in [0.25, 0.3) is 0 Å². The molecule has 29 heavy (non-hydrogen) atoms. The number of benzene rings is 1. The zero-order valence-corrected chi connectivity index (χ0v) is 17.3. The zero-order chi connectivity index (χ0) is 20.5. The lowest BCUT2D eigenvalue weighted by molar-refractivity contribution is -0.136. The number of rotatable bonds is 6. The number of hydrogen-bond donors (Lipinski definition) is 0. The fourth-order valence-corrected chi connectivity index (χ4v) is 3.64. The molecule has 0 bridgehead atoms. The smallest absolute Gasteiger partial charge is 0.227 e. The van der Waals surface area contributed by atoms with Crippen LogP contribution in [0.2, 0.25) is 0 Å². The third-order valence-electron chi connectivity index (χ3n) is 5.55. The van der Waals surface area contributed by atoms with Gasteiger partial charge in [0.15, 0.2) is 0 Å². The maximum absolute atomic E-state index is 12.6. The van der Waals surface area contributed by atoms with Crippen molar-refractivity contribution in [2.45, 2.75) is 33.2 Å². The minimum absolute atomic E-state index is 0.132. The van der Waals surface area contributed by atoms with Gasteiger partial charge in [0.05, 0.1) is 31.0 Å². The van der Waals surface area contributed by atoms with E-state index in [1.807, 2.05) is 72.5 Å². The van der Waals surface area contributed by atoms with Gasteiger partial charge in [-0.15, -0.1) is 5.10 Å². The lowest BCUT2D eigenvalue weighted by Crippen LogP contribution is -2.51. The normalized spacial score (nSPS) is 14.1. The van der Waals surface area contributed by atoms with Crippen molar-refractivity contribution in [3.63, 3.8) is 0 Å². The van der Waals surface area contributed by atoms with Crippen LogP contribution in [-0.4, -0.2) is 55.3 Å². The van der Waals surface area contributed by atoms with E-state index in [1.165, 1.54) is 0 Å². The molecule has 1 aliphatic rings. The minimum atomic E-state index is 0.132. The van der Waals surface area contributed by atoms with Gasteiger partial charge in [-0.1, -0.05) is 5.21 Å². The summed E-state index contributed by atoms with van der Waals surface area (Å²) in [4.78, 5) is 14.5. The Morgan fingerprint density at radius 1 is 1.21 bits per heavy atom. The van der Waals surface area contributed by atoms with Gasteiger partial charge in [-0.05, 0) is 45.0 Å². The van der Waals surface area contributed by atoms with Gasteiger partial charge in [-0.25, -0.2) is 4.68 Å². The predicted molar refractivity (Wildman–Crippen MR) is 109 cm³/mol. The van der Waals surface area contributed by atoms with Crippen LogP contribution in [0.3, 0.4) is 0 Å². The highest BCUT2D eigenvalue weighted by Gasteiger charge is 2.33. The highest BCUT2D eigenvalue weighted by Crippen LogP contribution is 2.25. The molecule has 3 heterocycles. The van der Waals surface area contributed by atoms with E-state index < -0.39 is 0 Å². The van der Waals surface area contributed by atoms with Gasteiger partial charge in [0.1, 0.15) is 11.4 Å². The average Bonchev–Trinajstić information content (AvgIpc) is 3.22. The van der Waals surface area contributed by atoms with Gasteiger partial charge < -0.3 is 9.64 Å². The van der Waals surface area contributed by atoms with Crippen LogP contribution in [0.5, 0.6) is 5.75 Å². The van der Waals surface area contributed by atoms with Crippen molar-refractivity contribution in [1.82, 2.24) is 29.7 Å². The molecule has 1 aliphatic heterocycles. The van der Waals surface area contributed by atoms with Crippen molar-refractivity contribution < 1.29 is 9.53 Å². The quantitative estimate of drug-likeness (QED) is 0.641. The van der Waals surface area contributed by atoms with E-state index in [0.717, 1.165) is 34.0 Å². The molecule has 1 fully saturated rings. The number of aromatic nitrogens is 5. The van der Waals surface area contributed by atoms with Crippen molar-refractivity contribution in [3.05, 3.63) is 47.4 Å². The van der Waals surface area contributed by atoms with Crippen LogP contribution in [0, 0.1) is 13.8 Å². The van der Waals surface area contributed by atoms with Gasteiger partial charge in [0.2, 0.25) is 5.91 Å². The summed E-state index contributed by atoms with van der Waals surface area (Å²) in [6.45, 7) is 7.87. The number of ether oxygens (including phenoxy) is 1. The van der Waals surface area contributed by atoms with Crippen molar-refractivity contribution in [2.75, 3.05) is 19.7 Å². The van der Waals surface area contributed by atoms with Crippen LogP contribution in [0.15, 0.2) is 30.5 Å². The molecule has 0 unspecified atom stereocenters. The Kier molecular flexibility index (Phi) is 5.08. The molecule has 4 rings (SSSR count). The second-order valence-electron chi connectivity index (χ2n) is 7.44. The van der Waals surface area contributed by atoms with Crippen LogP contribution in [0.1, 0.15) is 29.9 Å². The molecule has 1 amide bonds. The summed E-state index contributed by atoms with van der Waals surface area (Å²) in [5, 5.41) is 12.9. The topological polar surface area (TPSA) is 78.1 Å². The molecule has 0 atom stereocenters. The summed E-state index contributed by atoms with van der Waals surface area (Å²) in [5.74, 6) is 0.975. The lowest BCUT2D eigenvalue weighted by atomic mass is 10.0. The van der Waals surface area contributed by atoms with Crippen molar-refractivity contribution in [2.24, 2.45) is 7.05 Å². The summed E-state index contributed by atoms with van der Waals surface area (Å²) >= 11 is 0. The highest BCUT2D eigenvalue weighted by atomic mass is 16.5. The van der Waals surface area contributed by atoms with Crippen LogP contribution in [0.25, 0.3) is 11.3 Å². The van der Waals surface area contributed by atoms with Crippen LogP contribution < -0.4 is 4.74 Å². The van der Waals surface area contributed by atoms with E-state index in [1.54, 1.807) is 0 Å². The summed E-state index contributed by atoms with van der Waals surface area (Å²) < 4.78 is 9.16. The van der Waals surface area contributed by atoms with E-state index in [9.17, 15) is 4.79 Å². The number of amides is 1. The fraction of sp³-hybridized carbons (Fsp3) is 0.429. The second-order valence-corrected chi connectivity index (χ2v) is 7.44. The zero-order valence-electron chi connectivity index (χ0n) is 17.3. The Morgan fingerprint density at radius 3 is 2.55 bits per heavy atom. The van der Waals surface area contributed by atoms with Crippen molar-refractivity contribution in [3.8, 4) is 17.0 Å². The Bertz CT molecular complexity index is 1010. The fourth-order valence-electron chi connectivity index (χ4n) is 3.64. The number of likely N-dealkylation sites (tertiary alicyclic amines) is 1. The second kappa shape index (κ2) is 7.69. The average molecular weight is 394 g/mol. The number of hydrogen-bond acceptors (Lipinski definition) is 5. The van der Waals surface area contributed by atoms with E-state index in [2.05, 4.69) is 15.4 Å². The third kappa shape index (κ3) is 3.74. The molecule has 0 aliphatic carbocycles. The van der Waals surface area contributed by atoms with Crippen LogP contribution in [0.4, 0.5) is 0 Å². The molecule has 0 radical (unpaired) electrons. The first kappa shape index (κ1) is 19.2. The number of nitrogens with zero attached hydrogens (tertiary/aromatic N) is 6. The molecule has 8 nitrogen and oxygen atoms in total. The predicted octanol–water partition coefficient (Wildman–Crippen LogP) is 2.32. The van der Waals surface area contributed by atoms with Gasteiger partial charge in [-0.2, -0.15) is 5.10 Å². The van der Waals surface area contributed by atoms with Crippen molar-refractivity contribution in [1.29, 1.82) is 0 Å². The maximum atomic E-state index is 12.6. The molecular formula is C21H26N6O2. The Hall–Kier alpha value is -3.16. The standard InChI is InChI=1S/C21H26N6O2/c1-5-29-18-8-6-16(7-9-18)20-13-27(24-22-20)17-11-26(12-17)21(28)10-19-14(2)23-25(4)15(19)3/h6-9,13,17H,5,10-12H2,1-4H3. The monoisotopic (exact) mass is 394 g/mol. The highest BCUT2D eigenvalue weighted by molar-refractivity contribution is 5.80. The van der Waals surface area contributed by atoms with Crippen LogP contribution in [-0.2, 0) is 18.3 Å². The molecule has 8 heteroatoms. The lowest BCUT2D eigenvalue weighted by Gasteiger charge is -2.39. The molecule has 152 valence electrons. The number of carbonyl (C=O) groups is 1.